The lowest BCUT2D eigenvalue weighted by atomic mass is 9.98. The fraction of sp³-hybridized carbons (Fsp3) is 0.250. The number of alkyl halides is 1. The van der Waals surface area contributed by atoms with Crippen LogP contribution in [0.3, 0.4) is 0 Å². The summed E-state index contributed by atoms with van der Waals surface area (Å²) < 4.78 is 0. The van der Waals surface area contributed by atoms with Gasteiger partial charge in [-0.05, 0) is 54.7 Å². The first-order chi connectivity index (χ1) is 8.58. The molecule has 18 heavy (non-hydrogen) atoms. The molecule has 0 saturated heterocycles. The van der Waals surface area contributed by atoms with E-state index in [1.807, 2.05) is 12.1 Å². The first-order valence-corrected chi connectivity index (χ1v) is 7.32. The van der Waals surface area contributed by atoms with Gasteiger partial charge in [-0.25, -0.2) is 0 Å². The fourth-order valence-electron chi connectivity index (χ4n) is 2.13. The first-order valence-electron chi connectivity index (χ1n) is 6.02. The summed E-state index contributed by atoms with van der Waals surface area (Å²) in [5, 5.41) is 0.798. The molecule has 0 saturated carbocycles. The number of aryl methyl sites for hydroxylation is 2. The van der Waals surface area contributed by atoms with Gasteiger partial charge < -0.3 is 0 Å². The first kappa shape index (κ1) is 13.6. The van der Waals surface area contributed by atoms with Crippen molar-refractivity contribution in [2.75, 3.05) is 0 Å². The van der Waals surface area contributed by atoms with Gasteiger partial charge in [0.1, 0.15) is 0 Å². The molecule has 2 aromatic rings. The summed E-state index contributed by atoms with van der Waals surface area (Å²) in [6.45, 7) is 4.26. The van der Waals surface area contributed by atoms with Crippen molar-refractivity contribution in [1.82, 2.24) is 0 Å². The molecule has 0 nitrogen and oxygen atoms in total. The fourth-order valence-corrected chi connectivity index (χ4v) is 3.22. The maximum atomic E-state index is 5.99. The Labute approximate surface area is 122 Å². The van der Waals surface area contributed by atoms with E-state index in [4.69, 9.17) is 11.6 Å². The van der Waals surface area contributed by atoms with E-state index >= 15 is 0 Å². The van der Waals surface area contributed by atoms with Crippen molar-refractivity contribution in [3.63, 3.8) is 0 Å². The summed E-state index contributed by atoms with van der Waals surface area (Å²) in [6.07, 6.45) is 0.995. The van der Waals surface area contributed by atoms with Crippen LogP contribution in [0.4, 0.5) is 0 Å². The minimum atomic E-state index is 0.330. The minimum Gasteiger partial charge on any atom is -0.0843 e. The lowest BCUT2D eigenvalue weighted by Crippen LogP contribution is -1.99. The molecule has 0 spiro atoms. The highest BCUT2D eigenvalue weighted by Crippen LogP contribution is 2.31. The van der Waals surface area contributed by atoms with Gasteiger partial charge in [-0.15, -0.1) is 0 Å². The molecule has 0 N–H and O–H groups in total. The predicted molar refractivity (Wildman–Crippen MR) is 82.7 cm³/mol. The Morgan fingerprint density at radius 2 is 1.78 bits per heavy atom. The van der Waals surface area contributed by atoms with Gasteiger partial charge >= 0.3 is 0 Å². The highest BCUT2D eigenvalue weighted by atomic mass is 79.9. The van der Waals surface area contributed by atoms with Gasteiger partial charge in [0.05, 0.1) is 0 Å². The molecule has 0 aliphatic carbocycles. The van der Waals surface area contributed by atoms with Crippen LogP contribution in [0.5, 0.6) is 0 Å². The number of rotatable bonds is 3. The van der Waals surface area contributed by atoms with Crippen LogP contribution in [-0.4, -0.2) is 0 Å². The summed E-state index contributed by atoms with van der Waals surface area (Å²) in [5.41, 5.74) is 5.27. The maximum absolute atomic E-state index is 5.99. The Bertz CT molecular complexity index is 549. The van der Waals surface area contributed by atoms with E-state index in [2.05, 4.69) is 60.1 Å². The minimum absolute atomic E-state index is 0.330. The lowest BCUT2D eigenvalue weighted by molar-refractivity contribution is 0.929. The van der Waals surface area contributed by atoms with Gasteiger partial charge in [0.25, 0.3) is 0 Å². The number of hydrogen-bond acceptors (Lipinski definition) is 0. The van der Waals surface area contributed by atoms with E-state index in [0.29, 0.717) is 4.83 Å². The third-order valence-corrected chi connectivity index (χ3v) is 4.28. The second kappa shape index (κ2) is 5.90. The second-order valence-corrected chi connectivity index (χ2v) is 6.14. The van der Waals surface area contributed by atoms with E-state index in [0.717, 1.165) is 11.4 Å². The van der Waals surface area contributed by atoms with Crippen molar-refractivity contribution in [2.24, 2.45) is 0 Å². The molecule has 94 valence electrons. The van der Waals surface area contributed by atoms with Crippen LogP contribution >= 0.6 is 27.5 Å². The lowest BCUT2D eigenvalue weighted by Gasteiger charge is -2.15. The normalized spacial score (nSPS) is 12.4. The summed E-state index contributed by atoms with van der Waals surface area (Å²) in [5.74, 6) is 0. The smallest absolute Gasteiger partial charge is 0.0438 e. The molecule has 0 aliphatic rings. The van der Waals surface area contributed by atoms with Crippen LogP contribution in [0.2, 0.25) is 5.02 Å². The summed E-state index contributed by atoms with van der Waals surface area (Å²) in [7, 11) is 0. The molecule has 1 unspecified atom stereocenters. The van der Waals surface area contributed by atoms with Gasteiger partial charge in [-0.2, -0.15) is 0 Å². The third-order valence-electron chi connectivity index (χ3n) is 3.23. The summed E-state index contributed by atoms with van der Waals surface area (Å²) >= 11 is 9.78. The van der Waals surface area contributed by atoms with Crippen LogP contribution in [0, 0.1) is 13.8 Å². The van der Waals surface area contributed by atoms with Crippen molar-refractivity contribution in [3.8, 4) is 0 Å². The number of benzene rings is 2. The summed E-state index contributed by atoms with van der Waals surface area (Å²) in [6, 6.07) is 14.6. The Hall–Kier alpha value is -0.790. The molecular weight excluding hydrogens is 308 g/mol. The van der Waals surface area contributed by atoms with Gasteiger partial charge in [0.2, 0.25) is 0 Å². The van der Waals surface area contributed by atoms with E-state index in [1.165, 1.54) is 22.3 Å². The van der Waals surface area contributed by atoms with Crippen LogP contribution in [0.1, 0.15) is 27.1 Å². The van der Waals surface area contributed by atoms with E-state index in [1.54, 1.807) is 0 Å². The molecule has 0 aliphatic heterocycles. The van der Waals surface area contributed by atoms with Crippen LogP contribution in [0.15, 0.2) is 42.5 Å². The zero-order valence-electron chi connectivity index (χ0n) is 10.6. The van der Waals surface area contributed by atoms with Crippen molar-refractivity contribution in [2.45, 2.75) is 25.1 Å². The quantitative estimate of drug-likeness (QED) is 0.642. The second-order valence-electron chi connectivity index (χ2n) is 4.60. The van der Waals surface area contributed by atoms with Gasteiger partial charge in [-0.3, -0.25) is 0 Å². The maximum Gasteiger partial charge on any atom is 0.0438 e. The standard InChI is InChI=1S/C16H16BrCl/c1-11-5-3-4-6-13(11)10-16(17)15-8-7-14(18)9-12(15)2/h3-9,16H,10H2,1-2H3. The highest BCUT2D eigenvalue weighted by molar-refractivity contribution is 9.09. The van der Waals surface area contributed by atoms with Crippen molar-refractivity contribution in [1.29, 1.82) is 0 Å². The van der Waals surface area contributed by atoms with Gasteiger partial charge in [0, 0.05) is 9.85 Å². The average molecular weight is 324 g/mol. The Morgan fingerprint density at radius 3 is 2.44 bits per heavy atom. The van der Waals surface area contributed by atoms with E-state index < -0.39 is 0 Å². The molecule has 0 fully saturated rings. The molecule has 2 aromatic carbocycles. The molecule has 2 heteroatoms. The van der Waals surface area contributed by atoms with Gasteiger partial charge in [-0.1, -0.05) is 57.9 Å². The molecule has 0 bridgehead atoms. The molecule has 0 radical (unpaired) electrons. The molecule has 0 aromatic heterocycles. The molecule has 0 amide bonds. The van der Waals surface area contributed by atoms with Crippen LogP contribution < -0.4 is 0 Å². The van der Waals surface area contributed by atoms with Crippen molar-refractivity contribution in [3.05, 3.63) is 69.7 Å². The van der Waals surface area contributed by atoms with Crippen LogP contribution in [-0.2, 0) is 6.42 Å². The molecule has 2 rings (SSSR count). The van der Waals surface area contributed by atoms with E-state index in [9.17, 15) is 0 Å². The topological polar surface area (TPSA) is 0 Å². The van der Waals surface area contributed by atoms with Crippen molar-refractivity contribution < 1.29 is 0 Å². The van der Waals surface area contributed by atoms with E-state index in [-0.39, 0.29) is 0 Å². The molecular formula is C16H16BrCl. The summed E-state index contributed by atoms with van der Waals surface area (Å²) in [4.78, 5) is 0.330. The Balaban J connectivity index is 2.22. The largest absolute Gasteiger partial charge is 0.0843 e. The average Bonchev–Trinajstić information content (AvgIpc) is 2.32. The highest BCUT2D eigenvalue weighted by Gasteiger charge is 2.12. The van der Waals surface area contributed by atoms with Crippen molar-refractivity contribution >= 4 is 27.5 Å². The number of halogens is 2. The predicted octanol–water partition coefficient (Wildman–Crippen LogP) is 5.64. The number of hydrogen-bond donors (Lipinski definition) is 0. The zero-order valence-corrected chi connectivity index (χ0v) is 12.9. The molecule has 0 heterocycles. The Kier molecular flexibility index (Phi) is 4.47. The Morgan fingerprint density at radius 1 is 1.06 bits per heavy atom. The van der Waals surface area contributed by atoms with Gasteiger partial charge in [0.15, 0.2) is 0 Å². The molecule has 1 atom stereocenters. The monoisotopic (exact) mass is 322 g/mol. The zero-order chi connectivity index (χ0) is 13.1. The van der Waals surface area contributed by atoms with Crippen LogP contribution in [0.25, 0.3) is 0 Å². The third kappa shape index (κ3) is 3.15. The SMILES string of the molecule is Cc1ccccc1CC(Br)c1ccc(Cl)cc1C.